The third-order valence-corrected chi connectivity index (χ3v) is 5.95. The molecular formula is C12H20N4O4S. The highest BCUT2D eigenvalue weighted by Gasteiger charge is 2.37. The fraction of sp³-hybridized carbons (Fsp3) is 0.667. The third-order valence-electron chi connectivity index (χ3n) is 3.99. The average molecular weight is 316 g/mol. The third kappa shape index (κ3) is 3.09. The van der Waals surface area contributed by atoms with Crippen LogP contribution >= 0.6 is 0 Å². The number of piperidine rings is 1. The Kier molecular flexibility index (Phi) is 4.64. The second-order valence-electron chi connectivity index (χ2n) is 5.24. The summed E-state index contributed by atoms with van der Waals surface area (Å²) in [7, 11) is -3.96. The lowest BCUT2D eigenvalue weighted by molar-refractivity contribution is 0.197. The van der Waals surface area contributed by atoms with Crippen LogP contribution in [0.1, 0.15) is 26.2 Å². The van der Waals surface area contributed by atoms with Crippen molar-refractivity contribution in [2.75, 3.05) is 13.1 Å². The van der Waals surface area contributed by atoms with Gasteiger partial charge >= 0.3 is 5.69 Å². The number of nitrogens with one attached hydrogen (secondary N) is 2. The van der Waals surface area contributed by atoms with E-state index in [4.69, 9.17) is 5.73 Å². The Morgan fingerprint density at radius 2 is 2.14 bits per heavy atom. The molecule has 0 aliphatic carbocycles. The quantitative estimate of drug-likeness (QED) is 0.670. The Morgan fingerprint density at radius 1 is 1.43 bits per heavy atom. The lowest BCUT2D eigenvalue weighted by Gasteiger charge is -2.37. The zero-order valence-corrected chi connectivity index (χ0v) is 12.6. The molecule has 0 aromatic carbocycles. The maximum Gasteiger partial charge on any atom is 0.325 e. The van der Waals surface area contributed by atoms with Crippen molar-refractivity contribution in [2.24, 2.45) is 11.7 Å². The van der Waals surface area contributed by atoms with Crippen LogP contribution in [0, 0.1) is 5.92 Å². The zero-order valence-electron chi connectivity index (χ0n) is 11.8. The van der Waals surface area contributed by atoms with Crippen molar-refractivity contribution in [3.63, 3.8) is 0 Å². The Balaban J connectivity index is 2.39. The van der Waals surface area contributed by atoms with Crippen LogP contribution in [-0.2, 0) is 10.0 Å². The van der Waals surface area contributed by atoms with E-state index in [1.54, 1.807) is 0 Å². The molecule has 21 heavy (non-hydrogen) atoms. The molecule has 4 N–H and O–H groups in total. The van der Waals surface area contributed by atoms with Crippen molar-refractivity contribution < 1.29 is 8.42 Å². The Labute approximate surface area is 122 Å². The minimum absolute atomic E-state index is 0.205. The number of nitrogens with zero attached hydrogens (tertiary/aromatic N) is 1. The predicted molar refractivity (Wildman–Crippen MR) is 77.4 cm³/mol. The van der Waals surface area contributed by atoms with Crippen molar-refractivity contribution in [3.05, 3.63) is 27.0 Å². The van der Waals surface area contributed by atoms with Crippen LogP contribution in [-0.4, -0.2) is 41.8 Å². The van der Waals surface area contributed by atoms with Gasteiger partial charge in [-0.1, -0.05) is 13.3 Å². The SMILES string of the molecule is CCC1CCN(S(=O)(=O)c2c[nH]c(=O)[nH]c2=O)C(CN)C1. The van der Waals surface area contributed by atoms with Crippen molar-refractivity contribution in [1.82, 2.24) is 14.3 Å². The molecule has 1 aliphatic rings. The Morgan fingerprint density at radius 3 is 2.71 bits per heavy atom. The highest BCUT2D eigenvalue weighted by atomic mass is 32.2. The van der Waals surface area contributed by atoms with E-state index in [2.05, 4.69) is 11.9 Å². The molecule has 1 aliphatic heterocycles. The van der Waals surface area contributed by atoms with Crippen LogP contribution in [0.25, 0.3) is 0 Å². The monoisotopic (exact) mass is 316 g/mol. The number of hydrogen-bond acceptors (Lipinski definition) is 5. The first kappa shape index (κ1) is 15.9. The summed E-state index contributed by atoms with van der Waals surface area (Å²) in [5.74, 6) is 0.443. The molecule has 0 amide bonds. The summed E-state index contributed by atoms with van der Waals surface area (Å²) in [5, 5.41) is 0. The van der Waals surface area contributed by atoms with Crippen LogP contribution < -0.4 is 17.0 Å². The second-order valence-corrected chi connectivity index (χ2v) is 7.10. The van der Waals surface area contributed by atoms with Crippen molar-refractivity contribution >= 4 is 10.0 Å². The molecule has 2 heterocycles. The first-order valence-electron chi connectivity index (χ1n) is 6.94. The van der Waals surface area contributed by atoms with Gasteiger partial charge in [-0.2, -0.15) is 4.31 Å². The van der Waals surface area contributed by atoms with Gasteiger partial charge in [-0.15, -0.1) is 0 Å². The second kappa shape index (κ2) is 6.12. The molecule has 0 bridgehead atoms. The van der Waals surface area contributed by atoms with Gasteiger partial charge in [0.2, 0.25) is 10.0 Å². The highest BCUT2D eigenvalue weighted by molar-refractivity contribution is 7.89. The van der Waals surface area contributed by atoms with Crippen LogP contribution in [0.2, 0.25) is 0 Å². The van der Waals surface area contributed by atoms with E-state index in [9.17, 15) is 18.0 Å². The van der Waals surface area contributed by atoms with Crippen LogP contribution in [0.3, 0.4) is 0 Å². The highest BCUT2D eigenvalue weighted by Crippen LogP contribution is 2.28. The summed E-state index contributed by atoms with van der Waals surface area (Å²) < 4.78 is 26.5. The van der Waals surface area contributed by atoms with Crippen molar-refractivity contribution in [2.45, 2.75) is 37.1 Å². The van der Waals surface area contributed by atoms with E-state index in [-0.39, 0.29) is 12.6 Å². The molecular weight excluding hydrogens is 296 g/mol. The van der Waals surface area contributed by atoms with Crippen molar-refractivity contribution in [1.29, 1.82) is 0 Å². The summed E-state index contributed by atoms with van der Waals surface area (Å²) >= 11 is 0. The standard InChI is InChI=1S/C12H20N4O4S/c1-2-8-3-4-16(9(5-8)6-13)21(19,20)10-7-14-12(18)15-11(10)17/h7-9H,2-6,13H2,1H3,(H2,14,15,17,18). The molecule has 9 heteroatoms. The van der Waals surface area contributed by atoms with Crippen LogP contribution in [0.4, 0.5) is 0 Å². The number of hydrogen-bond donors (Lipinski definition) is 3. The van der Waals surface area contributed by atoms with Crippen molar-refractivity contribution in [3.8, 4) is 0 Å². The molecule has 0 spiro atoms. The topological polar surface area (TPSA) is 129 Å². The van der Waals surface area contributed by atoms with Gasteiger partial charge in [0, 0.05) is 25.3 Å². The lowest BCUT2D eigenvalue weighted by atomic mass is 9.90. The smallest absolute Gasteiger partial charge is 0.325 e. The van der Waals surface area contributed by atoms with E-state index < -0.39 is 26.2 Å². The van der Waals surface area contributed by atoms with E-state index in [0.717, 1.165) is 19.0 Å². The van der Waals surface area contributed by atoms with Gasteiger partial charge in [0.15, 0.2) is 4.90 Å². The average Bonchev–Trinajstić information content (AvgIpc) is 2.46. The first-order valence-corrected chi connectivity index (χ1v) is 8.38. The summed E-state index contributed by atoms with van der Waals surface area (Å²) in [6.07, 6.45) is 3.35. The molecule has 2 atom stereocenters. The molecule has 8 nitrogen and oxygen atoms in total. The summed E-state index contributed by atoms with van der Waals surface area (Å²) in [5.41, 5.74) is 4.05. The number of sulfonamides is 1. The minimum atomic E-state index is -3.96. The zero-order chi connectivity index (χ0) is 15.6. The molecule has 1 saturated heterocycles. The molecule has 0 radical (unpaired) electrons. The van der Waals surface area contributed by atoms with E-state index in [0.29, 0.717) is 18.9 Å². The first-order chi connectivity index (χ1) is 9.90. The lowest BCUT2D eigenvalue weighted by Crippen LogP contribution is -2.50. The summed E-state index contributed by atoms with van der Waals surface area (Å²) in [6, 6.07) is -0.319. The number of H-pyrrole nitrogens is 2. The maximum atomic E-state index is 12.6. The van der Waals surface area contributed by atoms with Crippen LogP contribution in [0.5, 0.6) is 0 Å². The molecule has 2 rings (SSSR count). The maximum absolute atomic E-state index is 12.6. The van der Waals surface area contributed by atoms with Gasteiger partial charge in [-0.3, -0.25) is 9.78 Å². The fourth-order valence-electron chi connectivity index (χ4n) is 2.73. The number of aromatic nitrogens is 2. The summed E-state index contributed by atoms with van der Waals surface area (Å²) in [6.45, 7) is 2.60. The van der Waals surface area contributed by atoms with Gasteiger partial charge in [0.05, 0.1) is 0 Å². The van der Waals surface area contributed by atoms with E-state index >= 15 is 0 Å². The number of aromatic amines is 2. The predicted octanol–water partition coefficient (Wildman–Crippen LogP) is -0.799. The molecule has 1 aromatic heterocycles. The molecule has 2 unspecified atom stereocenters. The van der Waals surface area contributed by atoms with Gasteiger partial charge < -0.3 is 10.7 Å². The van der Waals surface area contributed by atoms with Gasteiger partial charge in [0.25, 0.3) is 5.56 Å². The minimum Gasteiger partial charge on any atom is -0.329 e. The Bertz CT molecular complexity index is 708. The molecule has 1 aromatic rings. The van der Waals surface area contributed by atoms with Crippen LogP contribution in [0.15, 0.2) is 20.7 Å². The normalized spacial score (nSPS) is 24.1. The van der Waals surface area contributed by atoms with Gasteiger partial charge in [0.1, 0.15) is 0 Å². The fourth-order valence-corrected chi connectivity index (χ4v) is 4.39. The van der Waals surface area contributed by atoms with E-state index in [1.165, 1.54) is 4.31 Å². The molecule has 1 fully saturated rings. The Hall–Kier alpha value is -1.45. The molecule has 0 saturated carbocycles. The van der Waals surface area contributed by atoms with E-state index in [1.807, 2.05) is 4.98 Å². The number of nitrogens with two attached hydrogens (primary N) is 1. The molecule has 118 valence electrons. The number of rotatable bonds is 4. The largest absolute Gasteiger partial charge is 0.329 e. The van der Waals surface area contributed by atoms with Gasteiger partial charge in [-0.25, -0.2) is 13.2 Å². The summed E-state index contributed by atoms with van der Waals surface area (Å²) in [4.78, 5) is 26.4. The van der Waals surface area contributed by atoms with Gasteiger partial charge in [-0.05, 0) is 18.8 Å².